The first-order valence-corrected chi connectivity index (χ1v) is 5.15. The highest BCUT2D eigenvalue weighted by Gasteiger charge is 2.14. The molecule has 0 saturated carbocycles. The van der Waals surface area contributed by atoms with E-state index in [1.807, 2.05) is 0 Å². The third-order valence-corrected chi connectivity index (χ3v) is 2.39. The number of aromatic amines is 1. The van der Waals surface area contributed by atoms with E-state index in [1.165, 1.54) is 12.1 Å². The highest BCUT2D eigenvalue weighted by atomic mass is 16.5. The second-order valence-corrected chi connectivity index (χ2v) is 3.48. The molecule has 0 amide bonds. The molecule has 1 aromatic heterocycles. The summed E-state index contributed by atoms with van der Waals surface area (Å²) in [4.78, 5) is 25.3. The van der Waals surface area contributed by atoms with Crippen molar-refractivity contribution in [2.45, 2.75) is 6.92 Å². The normalized spacial score (nSPS) is 10.4. The van der Waals surface area contributed by atoms with E-state index in [4.69, 9.17) is 9.84 Å². The topological polar surface area (TPSA) is 79.4 Å². The first kappa shape index (κ1) is 11.2. The lowest BCUT2D eigenvalue weighted by molar-refractivity contribution is 0.0520. The summed E-state index contributed by atoms with van der Waals surface area (Å²) in [5.41, 5.74) is 1.03. The summed E-state index contributed by atoms with van der Waals surface area (Å²) >= 11 is 0. The van der Waals surface area contributed by atoms with Crippen molar-refractivity contribution in [1.29, 1.82) is 0 Å². The van der Waals surface area contributed by atoms with Crippen LogP contribution in [0.15, 0.2) is 24.3 Å². The summed E-state index contributed by atoms with van der Waals surface area (Å²) in [6.45, 7) is 1.99. The van der Waals surface area contributed by atoms with Gasteiger partial charge in [0.2, 0.25) is 0 Å². The zero-order chi connectivity index (χ0) is 12.4. The van der Waals surface area contributed by atoms with Crippen LogP contribution in [-0.2, 0) is 4.74 Å². The van der Waals surface area contributed by atoms with Gasteiger partial charge in [-0.05, 0) is 25.1 Å². The van der Waals surface area contributed by atoms with Gasteiger partial charge < -0.3 is 14.8 Å². The van der Waals surface area contributed by atoms with Gasteiger partial charge in [-0.3, -0.25) is 0 Å². The molecule has 2 rings (SSSR count). The molecule has 2 aromatic rings. The molecular formula is C12H11NO4. The predicted molar refractivity (Wildman–Crippen MR) is 61.2 cm³/mol. The van der Waals surface area contributed by atoms with Crippen LogP contribution in [0.2, 0.25) is 0 Å². The number of carbonyl (C=O) groups excluding carboxylic acids is 1. The van der Waals surface area contributed by atoms with Crippen LogP contribution in [-0.4, -0.2) is 28.6 Å². The largest absolute Gasteiger partial charge is 0.478 e. The van der Waals surface area contributed by atoms with E-state index in [1.54, 1.807) is 19.1 Å². The van der Waals surface area contributed by atoms with Crippen LogP contribution in [0.25, 0.3) is 10.9 Å². The minimum atomic E-state index is -1.02. The molecule has 0 saturated heterocycles. The van der Waals surface area contributed by atoms with Gasteiger partial charge in [0.15, 0.2) is 0 Å². The molecule has 0 aliphatic carbocycles. The summed E-state index contributed by atoms with van der Waals surface area (Å²) in [6.07, 6.45) is 0. The molecule has 1 heterocycles. The number of aromatic carboxylic acids is 1. The molecular weight excluding hydrogens is 222 g/mol. The molecule has 0 aliphatic heterocycles. The number of ether oxygens (including phenoxy) is 1. The highest BCUT2D eigenvalue weighted by Crippen LogP contribution is 2.20. The van der Waals surface area contributed by atoms with Gasteiger partial charge in [-0.15, -0.1) is 0 Å². The van der Waals surface area contributed by atoms with Gasteiger partial charge in [0, 0.05) is 10.9 Å². The van der Waals surface area contributed by atoms with E-state index >= 15 is 0 Å². The van der Waals surface area contributed by atoms with Crippen molar-refractivity contribution in [3.63, 3.8) is 0 Å². The van der Waals surface area contributed by atoms with Crippen molar-refractivity contribution < 1.29 is 19.4 Å². The third kappa shape index (κ3) is 1.99. The summed E-state index contributed by atoms with van der Waals surface area (Å²) in [7, 11) is 0. The zero-order valence-corrected chi connectivity index (χ0v) is 9.19. The molecule has 0 unspecified atom stereocenters. The Morgan fingerprint density at radius 3 is 2.82 bits per heavy atom. The van der Waals surface area contributed by atoms with Crippen molar-refractivity contribution in [2.24, 2.45) is 0 Å². The number of rotatable bonds is 3. The van der Waals surface area contributed by atoms with Gasteiger partial charge >= 0.3 is 11.9 Å². The number of carboxylic acid groups (broad SMARTS) is 1. The quantitative estimate of drug-likeness (QED) is 0.795. The zero-order valence-electron chi connectivity index (χ0n) is 9.19. The van der Waals surface area contributed by atoms with Crippen molar-refractivity contribution in [2.75, 3.05) is 6.61 Å². The van der Waals surface area contributed by atoms with E-state index < -0.39 is 11.9 Å². The van der Waals surface area contributed by atoms with Crippen LogP contribution in [0.4, 0.5) is 0 Å². The van der Waals surface area contributed by atoms with Crippen LogP contribution in [0, 0.1) is 0 Å². The summed E-state index contributed by atoms with van der Waals surface area (Å²) in [5, 5.41) is 9.51. The van der Waals surface area contributed by atoms with Crippen LogP contribution in [0.3, 0.4) is 0 Å². The Morgan fingerprint density at radius 2 is 2.18 bits per heavy atom. The summed E-state index contributed by atoms with van der Waals surface area (Å²) in [6, 6.07) is 6.33. The van der Waals surface area contributed by atoms with Crippen molar-refractivity contribution in [1.82, 2.24) is 4.98 Å². The van der Waals surface area contributed by atoms with Gasteiger partial charge in [-0.25, -0.2) is 9.59 Å². The highest BCUT2D eigenvalue weighted by molar-refractivity contribution is 6.05. The minimum Gasteiger partial charge on any atom is -0.478 e. The van der Waals surface area contributed by atoms with Crippen molar-refractivity contribution in [3.8, 4) is 0 Å². The molecule has 5 nitrogen and oxygen atoms in total. The molecule has 0 atom stereocenters. The number of carbonyl (C=O) groups is 2. The Balaban J connectivity index is 2.54. The Kier molecular flexibility index (Phi) is 2.82. The molecule has 0 radical (unpaired) electrons. The smallest absolute Gasteiger partial charge is 0.354 e. The first-order chi connectivity index (χ1) is 8.13. The molecule has 5 heteroatoms. The fourth-order valence-corrected chi connectivity index (χ4v) is 1.66. The Morgan fingerprint density at radius 1 is 1.41 bits per heavy atom. The molecule has 0 aliphatic rings. The van der Waals surface area contributed by atoms with Gasteiger partial charge in [0.25, 0.3) is 0 Å². The second-order valence-electron chi connectivity index (χ2n) is 3.48. The van der Waals surface area contributed by atoms with Gasteiger partial charge in [-0.1, -0.05) is 6.07 Å². The molecule has 1 aromatic carbocycles. The van der Waals surface area contributed by atoms with Gasteiger partial charge in [-0.2, -0.15) is 0 Å². The Labute approximate surface area is 97.0 Å². The second kappa shape index (κ2) is 4.29. The lowest BCUT2D eigenvalue weighted by Gasteiger charge is -1.96. The molecule has 0 bridgehead atoms. The summed E-state index contributed by atoms with van der Waals surface area (Å²) < 4.78 is 4.84. The lowest BCUT2D eigenvalue weighted by atomic mass is 10.1. The fourth-order valence-electron chi connectivity index (χ4n) is 1.66. The number of benzene rings is 1. The van der Waals surface area contributed by atoms with E-state index in [-0.39, 0.29) is 17.9 Å². The van der Waals surface area contributed by atoms with E-state index in [0.29, 0.717) is 10.9 Å². The lowest BCUT2D eigenvalue weighted by Crippen LogP contribution is -2.04. The maximum absolute atomic E-state index is 11.5. The van der Waals surface area contributed by atoms with Crippen LogP contribution in [0.1, 0.15) is 27.8 Å². The van der Waals surface area contributed by atoms with Crippen molar-refractivity contribution in [3.05, 3.63) is 35.5 Å². The first-order valence-electron chi connectivity index (χ1n) is 5.15. The Bertz CT molecular complexity index is 585. The Hall–Kier alpha value is -2.30. The average Bonchev–Trinajstić information content (AvgIpc) is 2.72. The molecule has 17 heavy (non-hydrogen) atoms. The number of fused-ring (bicyclic) bond motifs is 1. The number of hydrogen-bond donors (Lipinski definition) is 2. The minimum absolute atomic E-state index is 0.161. The maximum atomic E-state index is 11.5. The molecule has 2 N–H and O–H groups in total. The predicted octanol–water partition coefficient (Wildman–Crippen LogP) is 2.04. The molecule has 0 spiro atoms. The average molecular weight is 233 g/mol. The number of hydrogen-bond acceptors (Lipinski definition) is 3. The summed E-state index contributed by atoms with van der Waals surface area (Å²) in [5.74, 6) is -1.51. The SMILES string of the molecule is CCOC(=O)c1cc2c(C(=O)O)cccc2[nH]1. The number of aromatic nitrogens is 1. The van der Waals surface area contributed by atoms with E-state index in [9.17, 15) is 9.59 Å². The number of carboxylic acids is 1. The molecule has 88 valence electrons. The standard InChI is InChI=1S/C12H11NO4/c1-2-17-12(16)10-6-8-7(11(14)15)4-3-5-9(8)13-10/h3-6,13H,2H2,1H3,(H,14,15). The van der Waals surface area contributed by atoms with E-state index in [0.717, 1.165) is 0 Å². The maximum Gasteiger partial charge on any atom is 0.354 e. The number of esters is 1. The van der Waals surface area contributed by atoms with Crippen LogP contribution >= 0.6 is 0 Å². The van der Waals surface area contributed by atoms with E-state index in [2.05, 4.69) is 4.98 Å². The third-order valence-electron chi connectivity index (χ3n) is 2.39. The monoisotopic (exact) mass is 233 g/mol. The van der Waals surface area contributed by atoms with Gasteiger partial charge in [0.05, 0.1) is 12.2 Å². The van der Waals surface area contributed by atoms with Crippen molar-refractivity contribution >= 4 is 22.8 Å². The van der Waals surface area contributed by atoms with Crippen LogP contribution in [0.5, 0.6) is 0 Å². The number of nitrogens with one attached hydrogen (secondary N) is 1. The number of H-pyrrole nitrogens is 1. The van der Waals surface area contributed by atoms with Gasteiger partial charge in [0.1, 0.15) is 5.69 Å². The van der Waals surface area contributed by atoms with Crippen LogP contribution < -0.4 is 0 Å². The molecule has 0 fully saturated rings. The fraction of sp³-hybridized carbons (Fsp3) is 0.167.